The highest BCUT2D eigenvalue weighted by molar-refractivity contribution is 5.94. The van der Waals surface area contributed by atoms with Crippen molar-refractivity contribution in [2.75, 3.05) is 19.6 Å². The van der Waals surface area contributed by atoms with E-state index in [0.717, 1.165) is 17.0 Å². The normalized spacial score (nSPS) is 11.4. The zero-order chi connectivity index (χ0) is 21.3. The quantitative estimate of drug-likeness (QED) is 0.506. The van der Waals surface area contributed by atoms with E-state index in [2.05, 4.69) is 10.6 Å². The molecule has 0 aliphatic heterocycles. The molecule has 1 aromatic rings. The first kappa shape index (κ1) is 23.0. The summed E-state index contributed by atoms with van der Waals surface area (Å²) in [6.07, 6.45) is 0.139. The number of halogens is 2. The Kier molecular flexibility index (Phi) is 9.00. The van der Waals surface area contributed by atoms with Crippen LogP contribution >= 0.6 is 0 Å². The summed E-state index contributed by atoms with van der Waals surface area (Å²) < 4.78 is 26.4. The lowest BCUT2D eigenvalue weighted by atomic mass is 10.2. The Bertz CT molecular complexity index is 742. The number of aliphatic carboxylic acids is 1. The molecule has 8 nitrogen and oxygen atoms in total. The highest BCUT2D eigenvalue weighted by atomic mass is 19.1. The molecule has 1 unspecified atom stereocenters. The monoisotopic (exact) mass is 399 g/mol. The molecule has 1 atom stereocenters. The van der Waals surface area contributed by atoms with E-state index >= 15 is 0 Å². The molecule has 0 heterocycles. The molecular formula is C18H23F2N3O5. The second-order valence-corrected chi connectivity index (χ2v) is 6.07. The molecule has 0 radical (unpaired) electrons. The number of hydrogen-bond acceptors (Lipinski definition) is 4. The van der Waals surface area contributed by atoms with Crippen molar-refractivity contribution in [1.82, 2.24) is 15.5 Å². The molecular weight excluding hydrogens is 376 g/mol. The lowest BCUT2D eigenvalue weighted by Gasteiger charge is -2.26. The summed E-state index contributed by atoms with van der Waals surface area (Å²) >= 11 is 0. The zero-order valence-electron chi connectivity index (χ0n) is 15.6. The minimum atomic E-state index is -1.18. The lowest BCUT2D eigenvalue weighted by molar-refractivity contribution is -0.149. The molecule has 0 saturated heterocycles. The molecule has 28 heavy (non-hydrogen) atoms. The number of carboxylic acid groups (broad SMARTS) is 1. The number of nitrogens with zero attached hydrogens (tertiary/aromatic N) is 1. The first-order chi connectivity index (χ1) is 13.1. The van der Waals surface area contributed by atoms with Crippen LogP contribution in [-0.4, -0.2) is 59.4 Å². The topological polar surface area (TPSA) is 116 Å². The average Bonchev–Trinajstić information content (AvgIpc) is 2.61. The molecule has 0 saturated carbocycles. The molecule has 1 rings (SSSR count). The predicted octanol–water partition coefficient (Wildman–Crippen LogP) is 0.913. The molecule has 0 fully saturated rings. The lowest BCUT2D eigenvalue weighted by Crippen LogP contribution is -2.46. The van der Waals surface area contributed by atoms with Crippen LogP contribution in [0.15, 0.2) is 18.2 Å². The Morgan fingerprint density at radius 1 is 1.14 bits per heavy atom. The Morgan fingerprint density at radius 3 is 2.39 bits per heavy atom. The van der Waals surface area contributed by atoms with Crippen LogP contribution in [0, 0.1) is 11.6 Å². The van der Waals surface area contributed by atoms with Gasteiger partial charge in [0.25, 0.3) is 5.91 Å². The van der Waals surface area contributed by atoms with E-state index in [1.807, 2.05) is 0 Å². The summed E-state index contributed by atoms with van der Waals surface area (Å²) in [6.45, 7) is 2.84. The number of benzene rings is 1. The minimum Gasteiger partial charge on any atom is -0.480 e. The molecule has 3 N–H and O–H groups in total. The number of carbonyl (C=O) groups excluding carboxylic acids is 3. The maximum absolute atomic E-state index is 13.5. The van der Waals surface area contributed by atoms with Crippen molar-refractivity contribution in [2.45, 2.75) is 32.7 Å². The third-order valence-corrected chi connectivity index (χ3v) is 3.90. The van der Waals surface area contributed by atoms with Crippen LogP contribution in [0.3, 0.4) is 0 Å². The van der Waals surface area contributed by atoms with Gasteiger partial charge >= 0.3 is 5.97 Å². The second-order valence-electron chi connectivity index (χ2n) is 6.07. The molecule has 3 amide bonds. The van der Waals surface area contributed by atoms with Crippen molar-refractivity contribution in [3.05, 3.63) is 35.4 Å². The van der Waals surface area contributed by atoms with E-state index in [1.54, 1.807) is 0 Å². The smallest absolute Gasteiger partial charge is 0.326 e. The summed E-state index contributed by atoms with van der Waals surface area (Å²) in [5.41, 5.74) is -0.316. The Hall–Kier alpha value is -3.04. The molecule has 0 aromatic heterocycles. The SMILES string of the molecule is CC(=O)NCCN(C(=O)CCCNC(=O)c1ccc(F)cc1F)C(C)C(=O)O. The summed E-state index contributed by atoms with van der Waals surface area (Å²) in [5.74, 6) is -4.48. The van der Waals surface area contributed by atoms with Crippen LogP contribution in [0.2, 0.25) is 0 Å². The van der Waals surface area contributed by atoms with Gasteiger partial charge in [0, 0.05) is 39.0 Å². The molecule has 1 aromatic carbocycles. The van der Waals surface area contributed by atoms with Crippen molar-refractivity contribution >= 4 is 23.7 Å². The first-order valence-corrected chi connectivity index (χ1v) is 8.63. The molecule has 0 spiro atoms. The van der Waals surface area contributed by atoms with Gasteiger partial charge in [0.15, 0.2) is 0 Å². The Morgan fingerprint density at radius 2 is 1.82 bits per heavy atom. The van der Waals surface area contributed by atoms with Gasteiger partial charge in [0.05, 0.1) is 5.56 Å². The molecule has 10 heteroatoms. The summed E-state index contributed by atoms with van der Waals surface area (Å²) in [7, 11) is 0. The van der Waals surface area contributed by atoms with E-state index < -0.39 is 35.5 Å². The van der Waals surface area contributed by atoms with E-state index in [9.17, 15) is 28.0 Å². The van der Waals surface area contributed by atoms with E-state index in [4.69, 9.17) is 5.11 Å². The minimum absolute atomic E-state index is 0.0268. The maximum Gasteiger partial charge on any atom is 0.326 e. The van der Waals surface area contributed by atoms with E-state index in [-0.39, 0.29) is 43.9 Å². The number of hydrogen-bond donors (Lipinski definition) is 3. The van der Waals surface area contributed by atoms with Crippen LogP contribution in [0.5, 0.6) is 0 Å². The largest absolute Gasteiger partial charge is 0.480 e. The number of carbonyl (C=O) groups is 4. The number of carboxylic acids is 1. The van der Waals surface area contributed by atoms with Crippen LogP contribution in [-0.2, 0) is 14.4 Å². The van der Waals surface area contributed by atoms with E-state index in [0.29, 0.717) is 6.07 Å². The van der Waals surface area contributed by atoms with Gasteiger partial charge in [-0.1, -0.05) is 0 Å². The van der Waals surface area contributed by atoms with Gasteiger partial charge in [-0.2, -0.15) is 0 Å². The van der Waals surface area contributed by atoms with Gasteiger partial charge in [-0.05, 0) is 25.5 Å². The zero-order valence-corrected chi connectivity index (χ0v) is 15.6. The standard InChI is InChI=1S/C18H23F2N3O5/c1-11(18(27)28)23(9-8-21-12(2)24)16(25)4-3-7-22-17(26)14-6-5-13(19)10-15(14)20/h5-6,10-11H,3-4,7-9H2,1-2H3,(H,21,24)(H,22,26)(H,27,28). The van der Waals surface area contributed by atoms with Crippen LogP contribution in [0.25, 0.3) is 0 Å². The molecule has 154 valence electrons. The molecule has 0 aliphatic carbocycles. The van der Waals surface area contributed by atoms with Crippen molar-refractivity contribution in [3.63, 3.8) is 0 Å². The van der Waals surface area contributed by atoms with Gasteiger partial charge in [-0.15, -0.1) is 0 Å². The average molecular weight is 399 g/mol. The third kappa shape index (κ3) is 7.29. The summed E-state index contributed by atoms with van der Waals surface area (Å²) in [4.78, 5) is 47.4. The Balaban J connectivity index is 2.53. The van der Waals surface area contributed by atoms with Crippen molar-refractivity contribution in [1.29, 1.82) is 0 Å². The summed E-state index contributed by atoms with van der Waals surface area (Å²) in [6, 6.07) is 1.49. The predicted molar refractivity (Wildman–Crippen MR) is 95.4 cm³/mol. The second kappa shape index (κ2) is 11.0. The van der Waals surface area contributed by atoms with Crippen LogP contribution in [0.1, 0.15) is 37.0 Å². The highest BCUT2D eigenvalue weighted by Gasteiger charge is 2.24. The molecule has 0 bridgehead atoms. The highest BCUT2D eigenvalue weighted by Crippen LogP contribution is 2.09. The van der Waals surface area contributed by atoms with Crippen molar-refractivity contribution < 1.29 is 33.1 Å². The molecule has 0 aliphatic rings. The van der Waals surface area contributed by atoms with E-state index in [1.165, 1.54) is 13.8 Å². The number of nitrogens with one attached hydrogen (secondary N) is 2. The fourth-order valence-electron chi connectivity index (χ4n) is 2.37. The fraction of sp³-hybridized carbons (Fsp3) is 0.444. The van der Waals surface area contributed by atoms with Gasteiger partial charge in [0.1, 0.15) is 17.7 Å². The van der Waals surface area contributed by atoms with Gasteiger partial charge in [-0.25, -0.2) is 13.6 Å². The van der Waals surface area contributed by atoms with Gasteiger partial charge < -0.3 is 20.6 Å². The third-order valence-electron chi connectivity index (χ3n) is 3.90. The fourth-order valence-corrected chi connectivity index (χ4v) is 2.37. The van der Waals surface area contributed by atoms with Crippen LogP contribution in [0.4, 0.5) is 8.78 Å². The van der Waals surface area contributed by atoms with Crippen molar-refractivity contribution in [3.8, 4) is 0 Å². The number of amides is 3. The van der Waals surface area contributed by atoms with Gasteiger partial charge in [-0.3, -0.25) is 14.4 Å². The Labute approximate surface area is 160 Å². The maximum atomic E-state index is 13.5. The van der Waals surface area contributed by atoms with Crippen LogP contribution < -0.4 is 10.6 Å². The summed E-state index contributed by atoms with van der Waals surface area (Å²) in [5, 5.41) is 14.0. The van der Waals surface area contributed by atoms with Crippen molar-refractivity contribution in [2.24, 2.45) is 0 Å². The number of rotatable bonds is 10. The van der Waals surface area contributed by atoms with Gasteiger partial charge in [0.2, 0.25) is 11.8 Å². The first-order valence-electron chi connectivity index (χ1n) is 8.63.